The second-order valence-corrected chi connectivity index (χ2v) is 10.2. The highest BCUT2D eigenvalue weighted by molar-refractivity contribution is 5.90. The number of rotatable bonds is 9. The van der Waals surface area contributed by atoms with E-state index in [1.54, 1.807) is 0 Å². The molecule has 0 unspecified atom stereocenters. The van der Waals surface area contributed by atoms with Crippen molar-refractivity contribution in [1.29, 1.82) is 0 Å². The quantitative estimate of drug-likeness (QED) is 0.306. The molecule has 0 atom stereocenters. The molecule has 1 saturated carbocycles. The summed E-state index contributed by atoms with van der Waals surface area (Å²) in [5, 5.41) is 8.47. The Labute approximate surface area is 215 Å². The first-order valence-electron chi connectivity index (χ1n) is 13.2. The van der Waals surface area contributed by atoms with Crippen molar-refractivity contribution < 1.29 is 0 Å². The molecule has 0 amide bonds. The van der Waals surface area contributed by atoms with E-state index in [-0.39, 0.29) is 0 Å². The van der Waals surface area contributed by atoms with Gasteiger partial charge in [-0.2, -0.15) is 4.98 Å². The summed E-state index contributed by atoms with van der Waals surface area (Å²) in [5.41, 5.74) is 5.17. The van der Waals surface area contributed by atoms with E-state index in [9.17, 15) is 0 Å². The number of benzene rings is 3. The molecule has 1 aromatic heterocycles. The summed E-state index contributed by atoms with van der Waals surface area (Å²) in [7, 11) is 4.08. The maximum atomic E-state index is 4.83. The molecule has 1 heterocycles. The van der Waals surface area contributed by atoms with E-state index in [0.717, 1.165) is 60.9 Å². The zero-order valence-electron chi connectivity index (χ0n) is 21.5. The molecule has 186 valence electrons. The van der Waals surface area contributed by atoms with E-state index < -0.39 is 0 Å². The molecule has 2 N–H and O–H groups in total. The van der Waals surface area contributed by atoms with Crippen molar-refractivity contribution in [3.63, 3.8) is 0 Å². The highest BCUT2D eigenvalue weighted by atomic mass is 15.2. The number of nitrogens with one attached hydrogen (secondary N) is 2. The number of hydrogen-bond donors (Lipinski definition) is 2. The molecule has 5 rings (SSSR count). The topological polar surface area (TPSA) is 53.1 Å². The van der Waals surface area contributed by atoms with Gasteiger partial charge in [-0.15, -0.1) is 0 Å². The summed E-state index contributed by atoms with van der Waals surface area (Å²) in [6.07, 6.45) is 5.76. The van der Waals surface area contributed by atoms with Crippen LogP contribution in [0.4, 0.5) is 11.8 Å². The van der Waals surface area contributed by atoms with Gasteiger partial charge in [-0.3, -0.25) is 0 Å². The lowest BCUT2D eigenvalue weighted by Crippen LogP contribution is -2.31. The van der Waals surface area contributed by atoms with E-state index in [1.165, 1.54) is 29.5 Å². The molecule has 5 heteroatoms. The zero-order chi connectivity index (χ0) is 24.7. The number of anilines is 2. The number of hydrogen-bond acceptors (Lipinski definition) is 5. The second kappa shape index (κ2) is 11.5. The molecule has 1 aliphatic carbocycles. The molecule has 0 saturated heterocycles. The van der Waals surface area contributed by atoms with Crippen molar-refractivity contribution in [1.82, 2.24) is 15.3 Å². The number of aromatic nitrogens is 2. The van der Waals surface area contributed by atoms with Crippen molar-refractivity contribution in [3.05, 3.63) is 95.6 Å². The molecule has 3 aromatic carbocycles. The largest absolute Gasteiger partial charge is 0.362 e. The van der Waals surface area contributed by atoms with Crippen molar-refractivity contribution >= 4 is 22.7 Å². The number of para-hydroxylation sites is 1. The SMILES string of the molecule is CN(C)c1nc(NC2CCC(CNCc3ccccc3Cc3ccccc3)CC2)nc2ccccc12. The minimum absolute atomic E-state index is 0.434. The normalized spacial score (nSPS) is 17.7. The van der Waals surface area contributed by atoms with Gasteiger partial charge in [0.2, 0.25) is 5.95 Å². The smallest absolute Gasteiger partial charge is 0.225 e. The first-order chi connectivity index (χ1) is 17.7. The van der Waals surface area contributed by atoms with Crippen LogP contribution in [-0.4, -0.2) is 36.6 Å². The van der Waals surface area contributed by atoms with E-state index in [0.29, 0.717) is 6.04 Å². The Morgan fingerprint density at radius 2 is 1.47 bits per heavy atom. The summed E-state index contributed by atoms with van der Waals surface area (Å²) in [6.45, 7) is 2.00. The van der Waals surface area contributed by atoms with Gasteiger partial charge in [0.25, 0.3) is 0 Å². The fourth-order valence-corrected chi connectivity index (χ4v) is 5.29. The first kappa shape index (κ1) is 24.3. The van der Waals surface area contributed by atoms with Crippen LogP contribution in [0.15, 0.2) is 78.9 Å². The Morgan fingerprint density at radius 1 is 0.778 bits per heavy atom. The maximum Gasteiger partial charge on any atom is 0.225 e. The highest BCUT2D eigenvalue weighted by Crippen LogP contribution is 2.28. The molecule has 0 radical (unpaired) electrons. The lowest BCUT2D eigenvalue weighted by Gasteiger charge is -2.29. The maximum absolute atomic E-state index is 4.83. The van der Waals surface area contributed by atoms with Gasteiger partial charge in [0.15, 0.2) is 0 Å². The molecule has 4 aromatic rings. The Bertz CT molecular complexity index is 1260. The van der Waals surface area contributed by atoms with Gasteiger partial charge >= 0.3 is 0 Å². The van der Waals surface area contributed by atoms with Gasteiger partial charge in [-0.25, -0.2) is 4.98 Å². The fraction of sp³-hybridized carbons (Fsp3) is 0.355. The molecule has 1 aliphatic rings. The van der Waals surface area contributed by atoms with E-state index >= 15 is 0 Å². The van der Waals surface area contributed by atoms with Crippen LogP contribution in [0.1, 0.15) is 42.4 Å². The Kier molecular flexibility index (Phi) is 7.77. The van der Waals surface area contributed by atoms with Crippen LogP contribution < -0.4 is 15.5 Å². The van der Waals surface area contributed by atoms with Crippen LogP contribution in [0, 0.1) is 5.92 Å². The highest BCUT2D eigenvalue weighted by Gasteiger charge is 2.22. The predicted molar refractivity (Wildman–Crippen MR) is 151 cm³/mol. The summed E-state index contributed by atoms with van der Waals surface area (Å²) in [5.74, 6) is 2.43. The zero-order valence-corrected chi connectivity index (χ0v) is 21.5. The lowest BCUT2D eigenvalue weighted by molar-refractivity contribution is 0.323. The van der Waals surface area contributed by atoms with Gasteiger partial charge in [0.1, 0.15) is 5.82 Å². The van der Waals surface area contributed by atoms with Gasteiger partial charge in [-0.1, -0.05) is 66.7 Å². The standard InChI is InChI=1S/C31H37N5/c1-36(2)30-28-14-8-9-15-29(28)34-31(35-30)33-27-18-16-24(17-19-27)21-32-22-26-13-7-6-12-25(26)20-23-10-4-3-5-11-23/h3-15,24,27,32H,16-22H2,1-2H3,(H,33,34,35). The molecule has 0 spiro atoms. The number of nitrogens with zero attached hydrogens (tertiary/aromatic N) is 3. The summed E-state index contributed by atoms with van der Waals surface area (Å²) < 4.78 is 0. The van der Waals surface area contributed by atoms with Gasteiger partial charge in [0.05, 0.1) is 5.52 Å². The van der Waals surface area contributed by atoms with E-state index in [4.69, 9.17) is 9.97 Å². The van der Waals surface area contributed by atoms with E-state index in [1.807, 2.05) is 26.2 Å². The fourth-order valence-electron chi connectivity index (χ4n) is 5.29. The third kappa shape index (κ3) is 6.03. The van der Waals surface area contributed by atoms with E-state index in [2.05, 4.69) is 82.3 Å². The van der Waals surface area contributed by atoms with Crippen molar-refractivity contribution in [3.8, 4) is 0 Å². The third-order valence-electron chi connectivity index (χ3n) is 7.29. The minimum atomic E-state index is 0.434. The predicted octanol–water partition coefficient (Wildman–Crippen LogP) is 6.05. The molecule has 36 heavy (non-hydrogen) atoms. The molecule has 5 nitrogen and oxygen atoms in total. The summed E-state index contributed by atoms with van der Waals surface area (Å²) >= 11 is 0. The Hall–Kier alpha value is -3.44. The van der Waals surface area contributed by atoms with Gasteiger partial charge in [-0.05, 0) is 73.4 Å². The van der Waals surface area contributed by atoms with Crippen LogP contribution in [0.5, 0.6) is 0 Å². The summed E-state index contributed by atoms with van der Waals surface area (Å²) in [6, 6.07) is 28.2. The van der Waals surface area contributed by atoms with Crippen LogP contribution in [0.3, 0.4) is 0 Å². The molecular formula is C31H37N5. The Morgan fingerprint density at radius 3 is 2.25 bits per heavy atom. The average molecular weight is 480 g/mol. The molecule has 1 fully saturated rings. The second-order valence-electron chi connectivity index (χ2n) is 10.2. The van der Waals surface area contributed by atoms with Crippen LogP contribution in [0.25, 0.3) is 10.9 Å². The van der Waals surface area contributed by atoms with Gasteiger partial charge < -0.3 is 15.5 Å². The van der Waals surface area contributed by atoms with Crippen molar-refractivity contribution in [2.75, 3.05) is 30.9 Å². The van der Waals surface area contributed by atoms with Crippen molar-refractivity contribution in [2.45, 2.75) is 44.7 Å². The molecule has 0 bridgehead atoms. The van der Waals surface area contributed by atoms with Crippen LogP contribution in [0.2, 0.25) is 0 Å². The van der Waals surface area contributed by atoms with Crippen LogP contribution >= 0.6 is 0 Å². The minimum Gasteiger partial charge on any atom is -0.362 e. The first-order valence-corrected chi connectivity index (χ1v) is 13.2. The summed E-state index contributed by atoms with van der Waals surface area (Å²) in [4.78, 5) is 11.7. The number of fused-ring (bicyclic) bond motifs is 1. The molecule has 0 aliphatic heterocycles. The molecular weight excluding hydrogens is 442 g/mol. The van der Waals surface area contributed by atoms with Crippen molar-refractivity contribution in [2.24, 2.45) is 5.92 Å². The Balaban J connectivity index is 1.12. The average Bonchev–Trinajstić information content (AvgIpc) is 2.91. The third-order valence-corrected chi connectivity index (χ3v) is 7.29. The van der Waals surface area contributed by atoms with Crippen LogP contribution in [-0.2, 0) is 13.0 Å². The lowest BCUT2D eigenvalue weighted by atomic mass is 9.86. The monoisotopic (exact) mass is 479 g/mol. The van der Waals surface area contributed by atoms with Gasteiger partial charge in [0, 0.05) is 32.1 Å².